The van der Waals surface area contributed by atoms with Gasteiger partial charge in [-0.25, -0.2) is 18.1 Å². The molecule has 0 saturated carbocycles. The first-order valence-electron chi connectivity index (χ1n) is 9.73. The lowest BCUT2D eigenvalue weighted by Crippen LogP contribution is -2.35. The van der Waals surface area contributed by atoms with E-state index in [0.717, 1.165) is 4.88 Å². The van der Waals surface area contributed by atoms with E-state index in [-0.39, 0.29) is 29.5 Å². The monoisotopic (exact) mass is 448 g/mol. The molecule has 0 aliphatic carbocycles. The van der Waals surface area contributed by atoms with Crippen molar-refractivity contribution in [1.82, 2.24) is 20.1 Å². The number of hydrogen-bond acceptors (Lipinski definition) is 7. The Morgan fingerprint density at radius 1 is 1.47 bits per heavy atom. The maximum Gasteiger partial charge on any atom is 0.252 e. The molecule has 0 radical (unpaired) electrons. The number of methoxy groups -OCH3 is 1. The number of aromatic nitrogens is 3. The smallest absolute Gasteiger partial charge is 0.252 e. The molecule has 1 aliphatic rings. The van der Waals surface area contributed by atoms with E-state index < -0.39 is 9.84 Å². The van der Waals surface area contributed by atoms with Gasteiger partial charge in [0.1, 0.15) is 0 Å². The van der Waals surface area contributed by atoms with E-state index in [4.69, 9.17) is 9.72 Å². The molecule has 0 spiro atoms. The van der Waals surface area contributed by atoms with Crippen LogP contribution in [0, 0.1) is 6.92 Å². The summed E-state index contributed by atoms with van der Waals surface area (Å²) in [7, 11) is -1.50. The van der Waals surface area contributed by atoms with E-state index in [0.29, 0.717) is 41.0 Å². The molecular weight excluding hydrogens is 424 g/mol. The molecule has 2 atom stereocenters. The van der Waals surface area contributed by atoms with Crippen molar-refractivity contribution in [3.8, 4) is 10.6 Å². The second kappa shape index (κ2) is 8.09. The molecule has 0 unspecified atom stereocenters. The number of rotatable bonds is 6. The third-order valence-electron chi connectivity index (χ3n) is 5.20. The normalized spacial score (nSPS) is 19.2. The zero-order valence-electron chi connectivity index (χ0n) is 17.1. The summed E-state index contributed by atoms with van der Waals surface area (Å²) in [5.74, 6) is -0.0445. The zero-order chi connectivity index (χ0) is 21.5. The van der Waals surface area contributed by atoms with Crippen LogP contribution in [0.4, 0.5) is 0 Å². The van der Waals surface area contributed by atoms with Gasteiger partial charge in [0.25, 0.3) is 5.91 Å². The number of nitrogens with one attached hydrogen (secondary N) is 1. The predicted octanol–water partition coefficient (Wildman–Crippen LogP) is 2.59. The van der Waals surface area contributed by atoms with Crippen LogP contribution in [0.5, 0.6) is 0 Å². The lowest BCUT2D eigenvalue weighted by Gasteiger charge is -2.15. The van der Waals surface area contributed by atoms with Crippen molar-refractivity contribution < 1.29 is 17.9 Å². The molecule has 1 saturated heterocycles. The minimum absolute atomic E-state index is 0.0422. The molecule has 0 aromatic carbocycles. The maximum absolute atomic E-state index is 13.1. The van der Waals surface area contributed by atoms with Crippen molar-refractivity contribution in [2.75, 3.05) is 25.2 Å². The molecule has 1 amide bonds. The number of carbonyl (C=O) groups is 1. The van der Waals surface area contributed by atoms with E-state index in [2.05, 4.69) is 10.4 Å². The summed E-state index contributed by atoms with van der Waals surface area (Å²) in [4.78, 5) is 18.9. The highest BCUT2D eigenvalue weighted by atomic mass is 32.2. The number of sulfone groups is 1. The Hall–Kier alpha value is -2.30. The van der Waals surface area contributed by atoms with E-state index >= 15 is 0 Å². The van der Waals surface area contributed by atoms with Gasteiger partial charge < -0.3 is 10.1 Å². The summed E-state index contributed by atoms with van der Waals surface area (Å²) in [5.41, 5.74) is 2.36. The molecule has 10 heteroatoms. The lowest BCUT2D eigenvalue weighted by atomic mass is 10.1. The van der Waals surface area contributed by atoms with Crippen LogP contribution < -0.4 is 5.32 Å². The number of aryl methyl sites for hydroxylation is 1. The first-order chi connectivity index (χ1) is 14.3. The van der Waals surface area contributed by atoms with Crippen LogP contribution in [0.2, 0.25) is 0 Å². The molecule has 0 bridgehead atoms. The zero-order valence-corrected chi connectivity index (χ0v) is 18.7. The Balaban J connectivity index is 1.87. The maximum atomic E-state index is 13.1. The number of pyridine rings is 1. The average Bonchev–Trinajstić information content (AvgIpc) is 3.40. The largest absolute Gasteiger partial charge is 0.383 e. The summed E-state index contributed by atoms with van der Waals surface area (Å²) in [6, 6.07) is 5.22. The number of ether oxygens (including phenoxy) is 1. The van der Waals surface area contributed by atoms with E-state index in [1.807, 2.05) is 31.4 Å². The topological polar surface area (TPSA) is 103 Å². The lowest BCUT2D eigenvalue weighted by molar-refractivity contribution is 0.0907. The van der Waals surface area contributed by atoms with Crippen molar-refractivity contribution >= 4 is 38.1 Å². The number of hydrogen-bond donors (Lipinski definition) is 1. The van der Waals surface area contributed by atoms with Crippen LogP contribution in [0.3, 0.4) is 0 Å². The molecule has 160 valence electrons. The molecule has 4 rings (SSSR count). The highest BCUT2D eigenvalue weighted by Crippen LogP contribution is 2.33. The van der Waals surface area contributed by atoms with E-state index in [9.17, 15) is 13.2 Å². The fourth-order valence-electron chi connectivity index (χ4n) is 3.86. The minimum Gasteiger partial charge on any atom is -0.383 e. The van der Waals surface area contributed by atoms with Gasteiger partial charge in [-0.05, 0) is 37.8 Å². The molecule has 1 fully saturated rings. The number of thiophene rings is 1. The predicted molar refractivity (Wildman–Crippen MR) is 117 cm³/mol. The van der Waals surface area contributed by atoms with E-state index in [1.54, 1.807) is 17.9 Å². The Kier molecular flexibility index (Phi) is 5.65. The van der Waals surface area contributed by atoms with Crippen molar-refractivity contribution in [2.24, 2.45) is 0 Å². The SMILES string of the molecule is COC[C@@H](C)NC(=O)c1cc(-c2cccs2)nc2c1c(C)nn2[C@@H]1CCS(=O)(=O)C1. The Labute approximate surface area is 179 Å². The quantitative estimate of drug-likeness (QED) is 0.622. The third kappa shape index (κ3) is 3.99. The van der Waals surface area contributed by atoms with Gasteiger partial charge in [0, 0.05) is 13.2 Å². The van der Waals surface area contributed by atoms with Gasteiger partial charge in [-0.3, -0.25) is 4.79 Å². The molecule has 1 aliphatic heterocycles. The van der Waals surface area contributed by atoms with Gasteiger partial charge in [0.15, 0.2) is 15.5 Å². The van der Waals surface area contributed by atoms with Gasteiger partial charge >= 0.3 is 0 Å². The van der Waals surface area contributed by atoms with Crippen molar-refractivity contribution in [2.45, 2.75) is 32.4 Å². The molecule has 30 heavy (non-hydrogen) atoms. The van der Waals surface area contributed by atoms with Crippen molar-refractivity contribution in [3.05, 3.63) is 34.8 Å². The third-order valence-corrected chi connectivity index (χ3v) is 7.85. The number of amides is 1. The van der Waals surface area contributed by atoms with Crippen LogP contribution in [0.15, 0.2) is 23.6 Å². The first kappa shape index (κ1) is 21.0. The summed E-state index contributed by atoms with van der Waals surface area (Å²) >= 11 is 1.53. The average molecular weight is 449 g/mol. The van der Waals surface area contributed by atoms with Crippen LogP contribution in [0.25, 0.3) is 21.6 Å². The summed E-state index contributed by atoms with van der Waals surface area (Å²) in [6.45, 7) is 4.10. The van der Waals surface area contributed by atoms with Crippen LogP contribution >= 0.6 is 11.3 Å². The van der Waals surface area contributed by atoms with Crippen LogP contribution in [-0.4, -0.2) is 60.4 Å². The summed E-state index contributed by atoms with van der Waals surface area (Å²) in [6.07, 6.45) is 0.496. The fourth-order valence-corrected chi connectivity index (χ4v) is 6.24. The van der Waals surface area contributed by atoms with Crippen LogP contribution in [-0.2, 0) is 14.6 Å². The second-order valence-electron chi connectivity index (χ2n) is 7.65. The highest BCUT2D eigenvalue weighted by Gasteiger charge is 2.32. The summed E-state index contributed by atoms with van der Waals surface area (Å²) < 4.78 is 30.9. The molecular formula is C20H24N4O4S2. The Morgan fingerprint density at radius 2 is 2.27 bits per heavy atom. The number of fused-ring (bicyclic) bond motifs is 1. The fraction of sp³-hybridized carbons (Fsp3) is 0.450. The van der Waals surface area contributed by atoms with Gasteiger partial charge in [0.05, 0.1) is 51.4 Å². The minimum atomic E-state index is -3.08. The van der Waals surface area contributed by atoms with Crippen molar-refractivity contribution in [1.29, 1.82) is 0 Å². The molecule has 1 N–H and O–H groups in total. The van der Waals surface area contributed by atoms with Gasteiger partial charge in [-0.2, -0.15) is 5.10 Å². The Morgan fingerprint density at radius 3 is 2.90 bits per heavy atom. The Bertz CT molecular complexity index is 1190. The van der Waals surface area contributed by atoms with Crippen molar-refractivity contribution in [3.63, 3.8) is 0 Å². The van der Waals surface area contributed by atoms with E-state index in [1.165, 1.54) is 11.3 Å². The number of carbonyl (C=O) groups excluding carboxylic acids is 1. The van der Waals surface area contributed by atoms with Gasteiger partial charge in [-0.15, -0.1) is 11.3 Å². The molecule has 3 aromatic rings. The summed E-state index contributed by atoms with van der Waals surface area (Å²) in [5, 5.41) is 10.2. The number of nitrogens with zero attached hydrogens (tertiary/aromatic N) is 3. The second-order valence-corrected chi connectivity index (χ2v) is 10.8. The van der Waals surface area contributed by atoms with Crippen LogP contribution in [0.1, 0.15) is 35.4 Å². The standard InChI is InChI=1S/C20H24N4O4S2/c1-12(10-28-3)21-20(25)15-9-16(17-5-4-7-29-17)22-19-18(15)13(2)23-24(19)14-6-8-30(26,27)11-14/h4-5,7,9,12,14H,6,8,10-11H2,1-3H3,(H,21,25)/t12-,14-/m1/s1. The molecule has 4 heterocycles. The highest BCUT2D eigenvalue weighted by molar-refractivity contribution is 7.91. The van der Waals surface area contributed by atoms with Gasteiger partial charge in [-0.1, -0.05) is 6.07 Å². The first-order valence-corrected chi connectivity index (χ1v) is 12.4. The molecule has 3 aromatic heterocycles. The van der Waals surface area contributed by atoms with Gasteiger partial charge in [0.2, 0.25) is 0 Å². The molecule has 8 nitrogen and oxygen atoms in total.